The standard InChI is InChI=1S/C16H16O2S/c1-12(19-11-16(17)18)13-7-9-15(10-8-13)14-5-3-2-4-6-14/h2-10,12H,11H2,1H3,(H,17,18). The summed E-state index contributed by atoms with van der Waals surface area (Å²) in [4.78, 5) is 10.6. The Bertz CT molecular complexity index is 534. The number of carboxylic acid groups (broad SMARTS) is 1. The summed E-state index contributed by atoms with van der Waals surface area (Å²) in [5, 5.41) is 8.88. The molecule has 0 aliphatic rings. The van der Waals surface area contributed by atoms with Crippen molar-refractivity contribution in [3.05, 3.63) is 60.2 Å². The number of benzene rings is 2. The molecule has 0 amide bonds. The molecular weight excluding hydrogens is 256 g/mol. The molecule has 0 aliphatic carbocycles. The Labute approximate surface area is 117 Å². The number of hydrogen-bond donors (Lipinski definition) is 1. The van der Waals surface area contributed by atoms with E-state index in [1.807, 2.05) is 25.1 Å². The van der Waals surface area contributed by atoms with Gasteiger partial charge in [-0.15, -0.1) is 11.8 Å². The number of carbonyl (C=O) groups is 1. The van der Waals surface area contributed by atoms with Gasteiger partial charge in [0.05, 0.1) is 5.75 Å². The second kappa shape index (κ2) is 6.43. The summed E-state index contributed by atoms with van der Waals surface area (Å²) in [6.07, 6.45) is 0. The first-order chi connectivity index (χ1) is 9.16. The SMILES string of the molecule is CC(SCC(=O)O)c1ccc(-c2ccccc2)cc1. The Morgan fingerprint density at radius 3 is 2.21 bits per heavy atom. The predicted octanol–water partition coefficient (Wildman–Crippen LogP) is 4.23. The third-order valence-electron chi connectivity index (χ3n) is 2.94. The first-order valence-electron chi connectivity index (χ1n) is 6.15. The third kappa shape index (κ3) is 3.86. The van der Waals surface area contributed by atoms with Crippen molar-refractivity contribution in [3.8, 4) is 11.1 Å². The molecule has 19 heavy (non-hydrogen) atoms. The van der Waals surface area contributed by atoms with Crippen LogP contribution in [0.4, 0.5) is 0 Å². The Morgan fingerprint density at radius 1 is 1.05 bits per heavy atom. The molecule has 0 aliphatic heterocycles. The van der Waals surface area contributed by atoms with Gasteiger partial charge in [-0.1, -0.05) is 54.6 Å². The van der Waals surface area contributed by atoms with Crippen molar-refractivity contribution >= 4 is 17.7 Å². The van der Waals surface area contributed by atoms with Crippen molar-refractivity contribution in [2.75, 3.05) is 5.75 Å². The summed E-state index contributed by atoms with van der Waals surface area (Å²) in [6.45, 7) is 2.03. The first-order valence-corrected chi connectivity index (χ1v) is 7.20. The van der Waals surface area contributed by atoms with Crippen molar-refractivity contribution in [2.24, 2.45) is 0 Å². The molecule has 1 atom stereocenters. The molecule has 1 N–H and O–H groups in total. The van der Waals surface area contributed by atoms with Gasteiger partial charge in [0.15, 0.2) is 0 Å². The second-order valence-corrected chi connectivity index (χ2v) is 5.66. The maximum atomic E-state index is 10.6. The van der Waals surface area contributed by atoms with E-state index in [1.165, 1.54) is 22.9 Å². The highest BCUT2D eigenvalue weighted by atomic mass is 32.2. The van der Waals surface area contributed by atoms with E-state index in [1.54, 1.807) is 0 Å². The molecule has 0 radical (unpaired) electrons. The Morgan fingerprint density at radius 2 is 1.63 bits per heavy atom. The molecule has 0 fully saturated rings. The minimum atomic E-state index is -0.766. The molecule has 2 aromatic rings. The quantitative estimate of drug-likeness (QED) is 0.885. The number of hydrogen-bond acceptors (Lipinski definition) is 2. The Balaban J connectivity index is 2.08. The molecule has 2 nitrogen and oxygen atoms in total. The highest BCUT2D eigenvalue weighted by Crippen LogP contribution is 2.29. The minimum absolute atomic E-state index is 0.140. The van der Waals surface area contributed by atoms with E-state index in [9.17, 15) is 4.79 Å². The molecule has 0 heterocycles. The summed E-state index contributed by atoms with van der Waals surface area (Å²) < 4.78 is 0. The molecule has 98 valence electrons. The lowest BCUT2D eigenvalue weighted by molar-refractivity contribution is -0.133. The largest absolute Gasteiger partial charge is 0.481 e. The van der Waals surface area contributed by atoms with Gasteiger partial charge in [-0.25, -0.2) is 0 Å². The topological polar surface area (TPSA) is 37.3 Å². The zero-order chi connectivity index (χ0) is 13.7. The average molecular weight is 272 g/mol. The van der Waals surface area contributed by atoms with Gasteiger partial charge in [0.25, 0.3) is 0 Å². The van der Waals surface area contributed by atoms with E-state index < -0.39 is 5.97 Å². The Hall–Kier alpha value is -1.74. The van der Waals surface area contributed by atoms with Gasteiger partial charge in [-0.3, -0.25) is 4.79 Å². The molecule has 0 saturated carbocycles. The fourth-order valence-corrected chi connectivity index (χ4v) is 2.61. The van der Waals surface area contributed by atoms with Gasteiger partial charge in [0, 0.05) is 5.25 Å². The van der Waals surface area contributed by atoms with Gasteiger partial charge in [-0.2, -0.15) is 0 Å². The van der Waals surface area contributed by atoms with Gasteiger partial charge >= 0.3 is 5.97 Å². The molecule has 0 aromatic heterocycles. The number of rotatable bonds is 5. The van der Waals surface area contributed by atoms with Crippen LogP contribution in [0.1, 0.15) is 17.7 Å². The molecule has 1 unspecified atom stereocenters. The smallest absolute Gasteiger partial charge is 0.313 e. The molecule has 3 heteroatoms. The van der Waals surface area contributed by atoms with E-state index in [0.717, 1.165) is 5.56 Å². The summed E-state index contributed by atoms with van der Waals surface area (Å²) in [6, 6.07) is 18.5. The average Bonchev–Trinajstić information content (AvgIpc) is 2.46. The van der Waals surface area contributed by atoms with E-state index in [-0.39, 0.29) is 11.0 Å². The van der Waals surface area contributed by atoms with Gasteiger partial charge in [0.2, 0.25) is 0 Å². The molecule has 0 saturated heterocycles. The van der Waals surface area contributed by atoms with E-state index >= 15 is 0 Å². The number of thioether (sulfide) groups is 1. The molecular formula is C16H16O2S. The molecule has 0 bridgehead atoms. The van der Waals surface area contributed by atoms with Crippen molar-refractivity contribution in [2.45, 2.75) is 12.2 Å². The zero-order valence-electron chi connectivity index (χ0n) is 10.7. The summed E-state index contributed by atoms with van der Waals surface area (Å²) in [7, 11) is 0. The van der Waals surface area contributed by atoms with Gasteiger partial charge in [0.1, 0.15) is 0 Å². The number of aliphatic carboxylic acids is 1. The van der Waals surface area contributed by atoms with Crippen molar-refractivity contribution in [1.82, 2.24) is 0 Å². The maximum Gasteiger partial charge on any atom is 0.313 e. The third-order valence-corrected chi connectivity index (χ3v) is 4.13. The van der Waals surface area contributed by atoms with Crippen LogP contribution in [-0.4, -0.2) is 16.8 Å². The lowest BCUT2D eigenvalue weighted by Gasteiger charge is -2.11. The molecule has 2 rings (SSSR count). The number of carboxylic acids is 1. The maximum absolute atomic E-state index is 10.6. The summed E-state index contributed by atoms with van der Waals surface area (Å²) in [5.74, 6) is -0.625. The van der Waals surface area contributed by atoms with Crippen LogP contribution in [0.5, 0.6) is 0 Å². The van der Waals surface area contributed by atoms with Crippen LogP contribution in [-0.2, 0) is 4.79 Å². The van der Waals surface area contributed by atoms with Gasteiger partial charge < -0.3 is 5.11 Å². The second-order valence-electron chi connectivity index (χ2n) is 4.34. The van der Waals surface area contributed by atoms with Gasteiger partial charge in [-0.05, 0) is 23.6 Å². The van der Waals surface area contributed by atoms with Crippen molar-refractivity contribution in [1.29, 1.82) is 0 Å². The van der Waals surface area contributed by atoms with Crippen LogP contribution in [0.3, 0.4) is 0 Å². The lowest BCUT2D eigenvalue weighted by Crippen LogP contribution is -2.00. The fraction of sp³-hybridized carbons (Fsp3) is 0.188. The zero-order valence-corrected chi connectivity index (χ0v) is 11.6. The van der Waals surface area contributed by atoms with E-state index in [4.69, 9.17) is 5.11 Å². The Kier molecular flexibility index (Phi) is 4.63. The van der Waals surface area contributed by atoms with E-state index in [2.05, 4.69) is 36.4 Å². The van der Waals surface area contributed by atoms with Crippen LogP contribution < -0.4 is 0 Å². The fourth-order valence-electron chi connectivity index (χ4n) is 1.87. The van der Waals surface area contributed by atoms with E-state index in [0.29, 0.717) is 0 Å². The lowest BCUT2D eigenvalue weighted by atomic mass is 10.0. The summed E-state index contributed by atoms with van der Waals surface area (Å²) in [5.41, 5.74) is 3.53. The van der Waals surface area contributed by atoms with Crippen LogP contribution in [0.2, 0.25) is 0 Å². The van der Waals surface area contributed by atoms with Crippen LogP contribution >= 0.6 is 11.8 Å². The monoisotopic (exact) mass is 272 g/mol. The molecule has 2 aromatic carbocycles. The minimum Gasteiger partial charge on any atom is -0.481 e. The first kappa shape index (κ1) is 13.7. The molecule has 0 spiro atoms. The van der Waals surface area contributed by atoms with Crippen LogP contribution in [0.15, 0.2) is 54.6 Å². The van der Waals surface area contributed by atoms with Crippen LogP contribution in [0.25, 0.3) is 11.1 Å². The summed E-state index contributed by atoms with van der Waals surface area (Å²) >= 11 is 1.44. The highest BCUT2D eigenvalue weighted by Gasteiger charge is 2.08. The normalized spacial score (nSPS) is 12.1. The van der Waals surface area contributed by atoms with Crippen molar-refractivity contribution in [3.63, 3.8) is 0 Å². The highest BCUT2D eigenvalue weighted by molar-refractivity contribution is 8.00. The van der Waals surface area contributed by atoms with Crippen molar-refractivity contribution < 1.29 is 9.90 Å². The predicted molar refractivity (Wildman–Crippen MR) is 80.4 cm³/mol. The van der Waals surface area contributed by atoms with Crippen LogP contribution in [0, 0.1) is 0 Å².